The molecule has 162 valence electrons. The van der Waals surface area contributed by atoms with Crippen molar-refractivity contribution in [2.75, 3.05) is 27.2 Å². The van der Waals surface area contributed by atoms with E-state index in [2.05, 4.69) is 42.5 Å². The van der Waals surface area contributed by atoms with Gasteiger partial charge in [0, 0.05) is 32.6 Å². The zero-order valence-corrected chi connectivity index (χ0v) is 17.9. The van der Waals surface area contributed by atoms with Crippen molar-refractivity contribution < 1.29 is 9.47 Å². The summed E-state index contributed by atoms with van der Waals surface area (Å²) < 4.78 is 11.3. The molecule has 8 heteroatoms. The largest absolute Gasteiger partial charge is 0.493 e. The number of nitrogens with zero attached hydrogens (tertiary/aromatic N) is 4. The number of rotatable bonds is 6. The first-order valence-electron chi connectivity index (χ1n) is 10.5. The highest BCUT2D eigenvalue weighted by molar-refractivity contribution is 5.80. The molecule has 0 unspecified atom stereocenters. The number of benzene rings is 2. The van der Waals surface area contributed by atoms with E-state index in [0.717, 1.165) is 49.0 Å². The van der Waals surface area contributed by atoms with Gasteiger partial charge < -0.3 is 19.7 Å². The number of methoxy groups -OCH3 is 1. The van der Waals surface area contributed by atoms with Crippen molar-refractivity contribution in [3.05, 3.63) is 66.2 Å². The van der Waals surface area contributed by atoms with Gasteiger partial charge in [0.2, 0.25) is 0 Å². The second-order valence-corrected chi connectivity index (χ2v) is 7.43. The molecule has 0 radical (unpaired) electrons. The Morgan fingerprint density at radius 3 is 2.52 bits per heavy atom. The lowest BCUT2D eigenvalue weighted by atomic mass is 9.96. The molecule has 1 fully saturated rings. The molecule has 1 saturated heterocycles. The third kappa shape index (κ3) is 5.14. The van der Waals surface area contributed by atoms with Crippen LogP contribution >= 0.6 is 0 Å². The van der Waals surface area contributed by atoms with Crippen molar-refractivity contribution in [2.24, 2.45) is 4.99 Å². The van der Waals surface area contributed by atoms with Gasteiger partial charge in [0.25, 0.3) is 0 Å². The van der Waals surface area contributed by atoms with Gasteiger partial charge in [-0.15, -0.1) is 0 Å². The maximum absolute atomic E-state index is 5.95. The molecule has 2 N–H and O–H groups in total. The van der Waals surface area contributed by atoms with Crippen LogP contribution in [0.2, 0.25) is 0 Å². The Bertz CT molecular complexity index is 980. The average molecular weight is 421 g/mol. The monoisotopic (exact) mass is 420 g/mol. The van der Waals surface area contributed by atoms with E-state index < -0.39 is 0 Å². The molecular weight excluding hydrogens is 392 g/mol. The van der Waals surface area contributed by atoms with Crippen LogP contribution in [0.4, 0.5) is 0 Å². The van der Waals surface area contributed by atoms with Gasteiger partial charge in [-0.05, 0) is 42.7 Å². The number of likely N-dealkylation sites (tertiary alicyclic amines) is 1. The van der Waals surface area contributed by atoms with Gasteiger partial charge in [0.1, 0.15) is 17.9 Å². The Hall–Kier alpha value is -3.55. The summed E-state index contributed by atoms with van der Waals surface area (Å²) in [6, 6.07) is 15.7. The van der Waals surface area contributed by atoms with Crippen molar-refractivity contribution in [3.8, 4) is 17.2 Å². The number of guanidine groups is 1. The molecule has 1 aliphatic heterocycles. The van der Waals surface area contributed by atoms with Crippen LogP contribution in [0.3, 0.4) is 0 Å². The average Bonchev–Trinajstić information content (AvgIpc) is 3.36. The van der Waals surface area contributed by atoms with Crippen molar-refractivity contribution in [1.29, 1.82) is 0 Å². The second-order valence-electron chi connectivity index (χ2n) is 7.43. The number of piperidine rings is 1. The minimum Gasteiger partial charge on any atom is -0.493 e. The van der Waals surface area contributed by atoms with Crippen LogP contribution < -0.4 is 14.8 Å². The number of H-pyrrole nitrogens is 1. The fourth-order valence-corrected chi connectivity index (χ4v) is 3.80. The Kier molecular flexibility index (Phi) is 6.66. The normalized spacial score (nSPS) is 15.0. The number of para-hydroxylation sites is 2. The van der Waals surface area contributed by atoms with Crippen molar-refractivity contribution in [1.82, 2.24) is 25.4 Å². The van der Waals surface area contributed by atoms with Gasteiger partial charge in [-0.3, -0.25) is 10.1 Å². The second kappa shape index (κ2) is 9.97. The predicted octanol–water partition coefficient (Wildman–Crippen LogP) is 3.56. The van der Waals surface area contributed by atoms with Crippen LogP contribution in [0, 0.1) is 0 Å². The summed E-state index contributed by atoms with van der Waals surface area (Å²) in [6.45, 7) is 2.58. The van der Waals surface area contributed by atoms with Crippen molar-refractivity contribution >= 4 is 5.96 Å². The highest BCUT2D eigenvalue weighted by Crippen LogP contribution is 2.31. The lowest BCUT2D eigenvalue weighted by Gasteiger charge is -2.33. The van der Waals surface area contributed by atoms with Gasteiger partial charge in [-0.1, -0.05) is 24.3 Å². The number of hydrogen-bond donors (Lipinski definition) is 2. The number of ether oxygens (including phenoxy) is 2. The van der Waals surface area contributed by atoms with E-state index in [0.29, 0.717) is 24.0 Å². The molecule has 3 aromatic rings. The highest BCUT2D eigenvalue weighted by atomic mass is 16.5. The molecule has 8 nitrogen and oxygen atoms in total. The summed E-state index contributed by atoms with van der Waals surface area (Å²) in [4.78, 5) is 11.1. The molecule has 0 spiro atoms. The fraction of sp³-hybridized carbons (Fsp3) is 0.348. The molecular formula is C23H28N6O2. The first-order chi connectivity index (χ1) is 15.3. The van der Waals surface area contributed by atoms with Crippen LogP contribution in [-0.4, -0.2) is 53.3 Å². The molecule has 2 aromatic carbocycles. The van der Waals surface area contributed by atoms with Crippen LogP contribution in [0.1, 0.15) is 30.1 Å². The van der Waals surface area contributed by atoms with Crippen molar-refractivity contribution in [3.63, 3.8) is 0 Å². The van der Waals surface area contributed by atoms with E-state index in [9.17, 15) is 0 Å². The van der Waals surface area contributed by atoms with Crippen LogP contribution in [0.25, 0.3) is 0 Å². The summed E-state index contributed by atoms with van der Waals surface area (Å²) >= 11 is 0. The molecule has 0 atom stereocenters. The summed E-state index contributed by atoms with van der Waals surface area (Å²) in [5.41, 5.74) is 1.16. The molecule has 2 heterocycles. The maximum atomic E-state index is 5.95. The zero-order chi connectivity index (χ0) is 21.5. The lowest BCUT2D eigenvalue weighted by molar-refractivity contribution is 0.299. The number of aliphatic imine (C=N–C) groups is 1. The third-order valence-electron chi connectivity index (χ3n) is 5.50. The predicted molar refractivity (Wildman–Crippen MR) is 120 cm³/mol. The van der Waals surface area contributed by atoms with E-state index in [4.69, 9.17) is 9.47 Å². The van der Waals surface area contributed by atoms with Crippen molar-refractivity contribution in [2.45, 2.75) is 25.3 Å². The smallest absolute Gasteiger partial charge is 0.193 e. The Balaban J connectivity index is 1.29. The van der Waals surface area contributed by atoms with Crippen LogP contribution in [0.15, 0.2) is 59.9 Å². The molecule has 4 rings (SSSR count). The number of aromatic amines is 1. The standard InChI is InChI=1S/C23H28N6O2/c1-24-23(29-13-11-18(12-14-29)22-26-16-27-28-22)25-15-17-7-9-19(10-8-17)31-21-6-4-3-5-20(21)30-2/h3-10,16,18H,11-15H2,1-2H3,(H,24,25)(H,26,27,28). The van der Waals surface area contributed by atoms with E-state index in [1.807, 2.05) is 43.4 Å². The molecule has 1 aliphatic rings. The SMILES string of the molecule is CN=C(NCc1ccc(Oc2ccccc2OC)cc1)N1CCC(c2ncn[nH]2)CC1. The quantitative estimate of drug-likeness (QED) is 0.468. The summed E-state index contributed by atoms with van der Waals surface area (Å²) in [5, 5.41) is 10.4. The summed E-state index contributed by atoms with van der Waals surface area (Å²) in [7, 11) is 3.47. The molecule has 1 aromatic heterocycles. The first kappa shape index (κ1) is 20.7. The molecule has 0 aliphatic carbocycles. The fourth-order valence-electron chi connectivity index (χ4n) is 3.80. The van der Waals surface area contributed by atoms with Crippen LogP contribution in [-0.2, 0) is 6.54 Å². The Morgan fingerprint density at radius 1 is 1.13 bits per heavy atom. The van der Waals surface area contributed by atoms with Gasteiger partial charge in [0.15, 0.2) is 17.5 Å². The molecule has 0 bridgehead atoms. The molecule has 31 heavy (non-hydrogen) atoms. The number of hydrogen-bond acceptors (Lipinski definition) is 5. The minimum atomic E-state index is 0.438. The minimum absolute atomic E-state index is 0.438. The maximum Gasteiger partial charge on any atom is 0.193 e. The van der Waals surface area contributed by atoms with E-state index in [-0.39, 0.29) is 0 Å². The molecule has 0 amide bonds. The Labute approximate surface area is 182 Å². The van der Waals surface area contributed by atoms with Gasteiger partial charge in [0.05, 0.1) is 7.11 Å². The lowest BCUT2D eigenvalue weighted by Crippen LogP contribution is -2.45. The van der Waals surface area contributed by atoms with Gasteiger partial charge in [-0.25, -0.2) is 4.98 Å². The third-order valence-corrected chi connectivity index (χ3v) is 5.50. The van der Waals surface area contributed by atoms with Gasteiger partial charge in [-0.2, -0.15) is 5.10 Å². The number of aromatic nitrogens is 3. The summed E-state index contributed by atoms with van der Waals surface area (Å²) in [6.07, 6.45) is 3.64. The highest BCUT2D eigenvalue weighted by Gasteiger charge is 2.24. The zero-order valence-electron chi connectivity index (χ0n) is 17.9. The number of nitrogens with one attached hydrogen (secondary N) is 2. The topological polar surface area (TPSA) is 87.7 Å². The first-order valence-corrected chi connectivity index (χ1v) is 10.5. The molecule has 0 saturated carbocycles. The van der Waals surface area contributed by atoms with E-state index >= 15 is 0 Å². The van der Waals surface area contributed by atoms with E-state index in [1.54, 1.807) is 13.4 Å². The Morgan fingerprint density at radius 2 is 1.87 bits per heavy atom. The summed E-state index contributed by atoms with van der Waals surface area (Å²) in [5.74, 6) is 4.53. The van der Waals surface area contributed by atoms with E-state index in [1.165, 1.54) is 0 Å². The van der Waals surface area contributed by atoms with Gasteiger partial charge >= 0.3 is 0 Å². The van der Waals surface area contributed by atoms with Crippen LogP contribution in [0.5, 0.6) is 17.2 Å².